The van der Waals surface area contributed by atoms with Gasteiger partial charge in [-0.15, -0.1) is 0 Å². The summed E-state index contributed by atoms with van der Waals surface area (Å²) in [5.41, 5.74) is 3.49. The number of nitrogens with one attached hydrogen (secondary N) is 1. The third-order valence-electron chi connectivity index (χ3n) is 15.8. The lowest BCUT2D eigenvalue weighted by Gasteiger charge is -2.72. The molecule has 6 rings (SSSR count). The smallest absolute Gasteiger partial charge is 0.335 e. The molecule has 4 nitrogen and oxygen atoms in total. The second-order valence-corrected chi connectivity index (χ2v) is 18.7. The summed E-state index contributed by atoms with van der Waals surface area (Å²) in [6.45, 7) is 23.1. The number of carboxylic acids is 1. The maximum atomic E-state index is 14.3. The van der Waals surface area contributed by atoms with E-state index in [-0.39, 0.29) is 27.1 Å². The van der Waals surface area contributed by atoms with Crippen molar-refractivity contribution in [2.24, 2.45) is 68.5 Å². The maximum Gasteiger partial charge on any atom is 0.335 e. The maximum absolute atomic E-state index is 14.3. The Labute approximate surface area is 280 Å². The minimum atomic E-state index is -0.865. The van der Waals surface area contributed by atoms with Crippen LogP contribution in [0.15, 0.2) is 30.3 Å². The van der Waals surface area contributed by atoms with Crippen LogP contribution in [0.4, 0.5) is 0 Å². The molecule has 0 heterocycles. The summed E-state index contributed by atoms with van der Waals surface area (Å²) in [6, 6.07) is 7.59. The highest BCUT2D eigenvalue weighted by Crippen LogP contribution is 2.77. The van der Waals surface area contributed by atoms with Crippen molar-refractivity contribution in [3.63, 3.8) is 0 Å². The van der Waals surface area contributed by atoms with Crippen LogP contribution in [0.25, 0.3) is 5.57 Å². The van der Waals surface area contributed by atoms with Crippen LogP contribution in [0.3, 0.4) is 0 Å². The van der Waals surface area contributed by atoms with Crippen LogP contribution in [0.5, 0.6) is 0 Å². The Morgan fingerprint density at radius 3 is 2.17 bits per heavy atom. The van der Waals surface area contributed by atoms with Gasteiger partial charge in [0.15, 0.2) is 0 Å². The van der Waals surface area contributed by atoms with Crippen LogP contribution in [0.2, 0.25) is 0 Å². The lowest BCUT2D eigenvalue weighted by atomic mass is 9.32. The second kappa shape index (κ2) is 11.5. The molecule has 9 atom stereocenters. The molecule has 4 saturated carbocycles. The van der Waals surface area contributed by atoms with E-state index in [9.17, 15) is 14.7 Å². The van der Waals surface area contributed by atoms with E-state index in [4.69, 9.17) is 0 Å². The zero-order valence-corrected chi connectivity index (χ0v) is 30.5. The van der Waals surface area contributed by atoms with Gasteiger partial charge < -0.3 is 10.4 Å². The van der Waals surface area contributed by atoms with Crippen molar-refractivity contribution in [2.75, 3.05) is 6.54 Å². The Morgan fingerprint density at radius 1 is 0.848 bits per heavy atom. The Balaban J connectivity index is 1.32. The molecule has 5 aliphatic carbocycles. The number of rotatable bonds is 7. The highest BCUT2D eigenvalue weighted by atomic mass is 16.4. The van der Waals surface area contributed by atoms with Crippen LogP contribution in [-0.4, -0.2) is 23.5 Å². The lowest BCUT2D eigenvalue weighted by molar-refractivity contribution is -0.227. The monoisotopic (exact) mass is 629 g/mol. The third kappa shape index (κ3) is 4.80. The van der Waals surface area contributed by atoms with Gasteiger partial charge in [0, 0.05) is 6.54 Å². The first-order valence-electron chi connectivity index (χ1n) is 18.9. The van der Waals surface area contributed by atoms with Gasteiger partial charge in [0.2, 0.25) is 5.91 Å². The molecule has 46 heavy (non-hydrogen) atoms. The van der Waals surface area contributed by atoms with Crippen molar-refractivity contribution in [2.45, 2.75) is 127 Å². The average Bonchev–Trinajstić information content (AvgIpc) is 3.38. The van der Waals surface area contributed by atoms with Crippen molar-refractivity contribution < 1.29 is 14.7 Å². The molecule has 0 aromatic heterocycles. The number of carbonyl (C=O) groups excluding carboxylic acids is 1. The summed E-state index contributed by atoms with van der Waals surface area (Å²) >= 11 is 0. The lowest BCUT2D eigenvalue weighted by Crippen LogP contribution is -2.66. The van der Waals surface area contributed by atoms with Crippen LogP contribution in [-0.2, 0) is 4.79 Å². The van der Waals surface area contributed by atoms with Gasteiger partial charge >= 0.3 is 5.97 Å². The Kier molecular flexibility index (Phi) is 8.45. The molecule has 254 valence electrons. The van der Waals surface area contributed by atoms with E-state index in [2.05, 4.69) is 73.7 Å². The van der Waals surface area contributed by atoms with E-state index < -0.39 is 5.97 Å². The fourth-order valence-corrected chi connectivity index (χ4v) is 13.3. The zero-order chi connectivity index (χ0) is 33.4. The molecule has 2 N–H and O–H groups in total. The Hall–Kier alpha value is -2.10. The topological polar surface area (TPSA) is 66.4 Å². The van der Waals surface area contributed by atoms with Crippen molar-refractivity contribution in [1.29, 1.82) is 0 Å². The first-order valence-corrected chi connectivity index (χ1v) is 18.9. The van der Waals surface area contributed by atoms with Crippen LogP contribution in [0.1, 0.15) is 142 Å². The third-order valence-corrected chi connectivity index (χ3v) is 15.8. The minimum Gasteiger partial charge on any atom is -0.478 e. The molecule has 0 aliphatic heterocycles. The fraction of sp³-hybridized carbons (Fsp3) is 0.762. The first kappa shape index (κ1) is 33.8. The standard InChI is InChI=1S/C42H63NO3/c1-26(2)19-25-43-37(46)42-22-16-30(27(3)4)35(42)32-14-15-34-39(7)20-17-31(28-10-12-29(13-11-28)36(44)45)38(5,6)33(39)18-21-41(34,9)40(32,8)23-24-42/h10-13,17,26-27,30,32-35H,14-16,18-25H2,1-9H3,(H,43,46)(H,44,45)/t30-,32+,33-,34+,35+,39-,40+,41+,42-/m0/s1. The number of benzene rings is 1. The van der Waals surface area contributed by atoms with E-state index >= 15 is 0 Å². The van der Waals surface area contributed by atoms with Crippen molar-refractivity contribution in [1.82, 2.24) is 5.32 Å². The quantitative estimate of drug-likeness (QED) is 0.315. The number of allylic oxidation sites excluding steroid dienone is 2. The first-order chi connectivity index (χ1) is 21.5. The summed E-state index contributed by atoms with van der Waals surface area (Å²) in [6.07, 6.45) is 14.3. The summed E-state index contributed by atoms with van der Waals surface area (Å²) < 4.78 is 0. The molecule has 1 aromatic carbocycles. The van der Waals surface area contributed by atoms with Crippen LogP contribution in [0, 0.1) is 68.5 Å². The number of hydrogen-bond donors (Lipinski definition) is 2. The predicted molar refractivity (Wildman–Crippen MR) is 188 cm³/mol. The number of aromatic carboxylic acids is 1. The number of carboxylic acid groups (broad SMARTS) is 1. The molecule has 4 fully saturated rings. The number of fused-ring (bicyclic) bond motifs is 7. The van der Waals surface area contributed by atoms with Crippen LogP contribution >= 0.6 is 0 Å². The Morgan fingerprint density at radius 2 is 1.54 bits per heavy atom. The Bertz CT molecular complexity index is 1370. The molecule has 0 bridgehead atoms. The summed E-state index contributed by atoms with van der Waals surface area (Å²) in [4.78, 5) is 25.8. The fourth-order valence-electron chi connectivity index (χ4n) is 13.3. The van der Waals surface area contributed by atoms with E-state index in [1.807, 2.05) is 12.1 Å². The van der Waals surface area contributed by atoms with Gasteiger partial charge in [-0.3, -0.25) is 4.79 Å². The molecular formula is C42H63NO3. The largest absolute Gasteiger partial charge is 0.478 e. The molecule has 0 unspecified atom stereocenters. The van der Waals surface area contributed by atoms with Gasteiger partial charge in [-0.1, -0.05) is 80.5 Å². The summed E-state index contributed by atoms with van der Waals surface area (Å²) in [5.74, 6) is 3.74. The molecule has 0 saturated heterocycles. The average molecular weight is 630 g/mol. The zero-order valence-electron chi connectivity index (χ0n) is 30.5. The number of hydrogen-bond acceptors (Lipinski definition) is 2. The van der Waals surface area contributed by atoms with Crippen molar-refractivity contribution in [3.05, 3.63) is 41.5 Å². The SMILES string of the molecule is CC(C)CCNC(=O)[C@]12CC[C@@H](C(C)C)[C@@H]1[C@H]1CC[C@@H]3[C@@]4(C)CC=C(c5ccc(C(=O)O)cc5)C(C)(C)[C@@H]4CC[C@@]3(C)[C@]1(C)CC2. The van der Waals surface area contributed by atoms with E-state index in [0.29, 0.717) is 52.9 Å². The van der Waals surface area contributed by atoms with Gasteiger partial charge in [-0.05, 0) is 151 Å². The molecular weight excluding hydrogens is 566 g/mol. The summed E-state index contributed by atoms with van der Waals surface area (Å²) in [5, 5.41) is 12.9. The van der Waals surface area contributed by atoms with Crippen LogP contribution < -0.4 is 5.32 Å². The molecule has 5 aliphatic rings. The summed E-state index contributed by atoms with van der Waals surface area (Å²) in [7, 11) is 0. The van der Waals surface area contributed by atoms with E-state index in [1.165, 1.54) is 49.7 Å². The number of carbonyl (C=O) groups is 2. The van der Waals surface area contributed by atoms with Crippen molar-refractivity contribution >= 4 is 17.4 Å². The highest BCUT2D eigenvalue weighted by Gasteiger charge is 2.71. The minimum absolute atomic E-state index is 0.0147. The number of amides is 1. The van der Waals surface area contributed by atoms with Gasteiger partial charge in [-0.2, -0.15) is 0 Å². The molecule has 4 heteroatoms. The van der Waals surface area contributed by atoms with E-state index in [1.54, 1.807) is 12.1 Å². The van der Waals surface area contributed by atoms with Crippen molar-refractivity contribution in [3.8, 4) is 0 Å². The predicted octanol–water partition coefficient (Wildman–Crippen LogP) is 10.3. The molecule has 0 radical (unpaired) electrons. The second-order valence-electron chi connectivity index (χ2n) is 18.7. The van der Waals surface area contributed by atoms with Gasteiger partial charge in [0.05, 0.1) is 11.0 Å². The highest BCUT2D eigenvalue weighted by molar-refractivity contribution is 5.88. The van der Waals surface area contributed by atoms with Gasteiger partial charge in [0.25, 0.3) is 0 Å². The van der Waals surface area contributed by atoms with E-state index in [0.717, 1.165) is 32.2 Å². The molecule has 0 spiro atoms. The molecule has 1 amide bonds. The normalized spacial score (nSPS) is 41.2. The molecule has 1 aromatic rings. The van der Waals surface area contributed by atoms with Gasteiger partial charge in [0.1, 0.15) is 0 Å². The van der Waals surface area contributed by atoms with Gasteiger partial charge in [-0.25, -0.2) is 4.79 Å².